The molecule has 4 fully saturated rings. The van der Waals surface area contributed by atoms with Crippen LogP contribution < -0.4 is 24.2 Å². The van der Waals surface area contributed by atoms with Crippen molar-refractivity contribution < 1.29 is 18.9 Å². The minimum Gasteiger partial charge on any atom is -0.382 e. The van der Waals surface area contributed by atoms with Gasteiger partial charge in [-0.1, -0.05) is 63.9 Å². The minimum absolute atomic E-state index is 0. The van der Waals surface area contributed by atoms with Crippen LogP contribution in [-0.2, 0) is 0 Å². The van der Waals surface area contributed by atoms with Crippen molar-refractivity contribution in [2.45, 2.75) is 91.0 Å². The summed E-state index contributed by atoms with van der Waals surface area (Å²) < 4.78 is 0. The third kappa shape index (κ3) is 4.30. The van der Waals surface area contributed by atoms with Gasteiger partial charge in [-0.3, -0.25) is 0 Å². The van der Waals surface area contributed by atoms with E-state index in [2.05, 4.69) is 38.2 Å². The largest absolute Gasteiger partial charge is 1.00 e. The van der Waals surface area contributed by atoms with Gasteiger partial charge < -0.3 is 11.2 Å². The minimum atomic E-state index is 0. The van der Waals surface area contributed by atoms with Gasteiger partial charge in [-0.15, -0.1) is 0 Å². The molecular formula is C29H41LiN2. The number of anilines is 1. The first-order valence-corrected chi connectivity index (χ1v) is 13.1. The molecule has 1 aromatic rings. The van der Waals surface area contributed by atoms with Gasteiger partial charge in [0.15, 0.2) is 0 Å². The summed E-state index contributed by atoms with van der Waals surface area (Å²) in [4.78, 5) is 0. The molecule has 4 aliphatic carbocycles. The zero-order valence-electron chi connectivity index (χ0n) is 20.9. The van der Waals surface area contributed by atoms with E-state index in [1.54, 1.807) is 0 Å². The molecule has 0 aromatic heterocycles. The van der Waals surface area contributed by atoms with Crippen molar-refractivity contribution in [1.29, 1.82) is 5.26 Å². The van der Waals surface area contributed by atoms with Crippen LogP contribution in [0.2, 0.25) is 0 Å². The molecule has 4 aliphatic rings. The fourth-order valence-corrected chi connectivity index (χ4v) is 8.86. The standard InChI is InChI=1S/C29H41N2.Li/c1-19-10-12-24-22(16-19)11-13-26-25(24)14-15-29(3)27(8-5-9-28(26)29)20(2)31-23-7-4-6-21(17-23)18-30;/h4,6-7,17,19-20,24-28,31H,5,8-16H2,1-3H3;/q-1;+1/t19-,20-,24-,25?,26+,27+,28?,29+;/m0./s1. The molecule has 0 aliphatic heterocycles. The van der Waals surface area contributed by atoms with Crippen LogP contribution in [0.3, 0.4) is 0 Å². The van der Waals surface area contributed by atoms with Crippen molar-refractivity contribution >= 4 is 5.69 Å². The van der Waals surface area contributed by atoms with Crippen LogP contribution in [0.5, 0.6) is 0 Å². The number of benzene rings is 1. The Bertz CT molecular complexity index is 831. The molecule has 0 radical (unpaired) electrons. The first-order valence-electron chi connectivity index (χ1n) is 13.1. The van der Waals surface area contributed by atoms with E-state index in [0.29, 0.717) is 11.5 Å². The van der Waals surface area contributed by atoms with Gasteiger partial charge in [0.25, 0.3) is 0 Å². The van der Waals surface area contributed by atoms with E-state index < -0.39 is 0 Å². The quantitative estimate of drug-likeness (QED) is 0.568. The van der Waals surface area contributed by atoms with Gasteiger partial charge in [0.05, 0.1) is 11.6 Å². The maximum absolute atomic E-state index is 9.27. The topological polar surface area (TPSA) is 35.8 Å². The van der Waals surface area contributed by atoms with E-state index >= 15 is 0 Å². The molecule has 3 heteroatoms. The van der Waals surface area contributed by atoms with Crippen LogP contribution in [0.4, 0.5) is 5.69 Å². The summed E-state index contributed by atoms with van der Waals surface area (Å²) in [5.41, 5.74) is 2.33. The van der Waals surface area contributed by atoms with Crippen molar-refractivity contribution in [2.75, 3.05) is 5.32 Å². The number of fused-ring (bicyclic) bond motifs is 5. The van der Waals surface area contributed by atoms with Gasteiger partial charge in [-0.2, -0.15) is 24.0 Å². The third-order valence-electron chi connectivity index (χ3n) is 10.2. The van der Waals surface area contributed by atoms with Gasteiger partial charge in [0.1, 0.15) is 0 Å². The zero-order chi connectivity index (χ0) is 21.6. The van der Waals surface area contributed by atoms with E-state index in [4.69, 9.17) is 0 Å². The summed E-state index contributed by atoms with van der Waals surface area (Å²) in [6.45, 7) is 7.53. The second kappa shape index (κ2) is 9.77. The maximum atomic E-state index is 9.27. The number of rotatable bonds is 3. The van der Waals surface area contributed by atoms with Crippen LogP contribution in [0.25, 0.3) is 0 Å². The number of nitriles is 1. The van der Waals surface area contributed by atoms with Crippen LogP contribution in [0.1, 0.15) is 90.5 Å². The van der Waals surface area contributed by atoms with E-state index in [9.17, 15) is 5.26 Å². The fraction of sp³-hybridized carbons (Fsp3) is 0.724. The first-order chi connectivity index (χ1) is 15.0. The molecule has 8 atom stereocenters. The Morgan fingerprint density at radius 1 is 1.12 bits per heavy atom. The second-order valence-corrected chi connectivity index (χ2v) is 11.8. The SMILES string of the molecule is C[C@H]1CC[C@H]2[C-](CC[C@@H]3C2CC[C@@]2(C)C3CCC[C@@H]2[C@H](C)Nc2cccc(C#N)c2)C1.[Li+]. The molecule has 0 spiro atoms. The van der Waals surface area contributed by atoms with Crippen molar-refractivity contribution in [3.63, 3.8) is 0 Å². The average molecular weight is 425 g/mol. The zero-order valence-corrected chi connectivity index (χ0v) is 20.9. The number of nitrogens with zero attached hydrogens (tertiary/aromatic N) is 1. The fourth-order valence-electron chi connectivity index (χ4n) is 8.86. The summed E-state index contributed by atoms with van der Waals surface area (Å²) in [5, 5.41) is 13.1. The summed E-state index contributed by atoms with van der Waals surface area (Å²) in [6.07, 6.45) is 14.4. The summed E-state index contributed by atoms with van der Waals surface area (Å²) >= 11 is 0. The maximum Gasteiger partial charge on any atom is 1.00 e. The van der Waals surface area contributed by atoms with Crippen LogP contribution >= 0.6 is 0 Å². The molecule has 1 aromatic carbocycles. The van der Waals surface area contributed by atoms with Gasteiger partial charge in [-0.05, 0) is 67.6 Å². The first kappa shape index (κ1) is 24.2. The van der Waals surface area contributed by atoms with E-state index in [0.717, 1.165) is 46.8 Å². The third-order valence-corrected chi connectivity index (χ3v) is 10.2. The molecule has 0 bridgehead atoms. The van der Waals surface area contributed by atoms with Gasteiger partial charge in [0.2, 0.25) is 0 Å². The molecule has 2 nitrogen and oxygen atoms in total. The molecule has 168 valence electrons. The number of hydrogen-bond acceptors (Lipinski definition) is 2. The molecule has 1 N–H and O–H groups in total. The Morgan fingerprint density at radius 3 is 2.78 bits per heavy atom. The van der Waals surface area contributed by atoms with Crippen molar-refractivity contribution in [2.24, 2.45) is 40.9 Å². The Balaban J connectivity index is 0.00000245. The van der Waals surface area contributed by atoms with E-state index in [1.807, 2.05) is 24.1 Å². The van der Waals surface area contributed by atoms with E-state index in [-0.39, 0.29) is 18.9 Å². The monoisotopic (exact) mass is 424 g/mol. The molecule has 0 amide bonds. The molecule has 32 heavy (non-hydrogen) atoms. The predicted molar refractivity (Wildman–Crippen MR) is 128 cm³/mol. The molecule has 2 unspecified atom stereocenters. The number of nitrogens with one attached hydrogen (secondary N) is 1. The molecule has 5 rings (SSSR count). The van der Waals surface area contributed by atoms with Gasteiger partial charge in [-0.25, -0.2) is 0 Å². The predicted octanol–water partition coefficient (Wildman–Crippen LogP) is 4.62. The Kier molecular flexibility index (Phi) is 7.40. The van der Waals surface area contributed by atoms with Crippen molar-refractivity contribution in [1.82, 2.24) is 0 Å². The Morgan fingerprint density at radius 2 is 1.97 bits per heavy atom. The average Bonchev–Trinajstić information content (AvgIpc) is 2.77. The molecule has 0 saturated heterocycles. The van der Waals surface area contributed by atoms with Gasteiger partial charge in [0, 0.05) is 11.7 Å². The smallest absolute Gasteiger partial charge is 0.382 e. The van der Waals surface area contributed by atoms with Crippen molar-refractivity contribution in [3.8, 4) is 6.07 Å². The van der Waals surface area contributed by atoms with Gasteiger partial charge >= 0.3 is 18.9 Å². The summed E-state index contributed by atoms with van der Waals surface area (Å²) in [6, 6.07) is 10.8. The Hall–Kier alpha value is -0.893. The summed E-state index contributed by atoms with van der Waals surface area (Å²) in [5.74, 6) is 7.46. The second-order valence-electron chi connectivity index (χ2n) is 11.8. The van der Waals surface area contributed by atoms with Crippen LogP contribution in [-0.4, -0.2) is 6.04 Å². The van der Waals surface area contributed by atoms with Crippen molar-refractivity contribution in [3.05, 3.63) is 35.7 Å². The Labute approximate surface area is 208 Å². The molecular weight excluding hydrogens is 383 g/mol. The van der Waals surface area contributed by atoms with E-state index in [1.165, 1.54) is 64.2 Å². The normalized spacial score (nSPS) is 39.9. The van der Waals surface area contributed by atoms with Crippen LogP contribution in [0.15, 0.2) is 24.3 Å². The molecule has 0 heterocycles. The number of hydrogen-bond donors (Lipinski definition) is 1. The molecule has 4 saturated carbocycles. The summed E-state index contributed by atoms with van der Waals surface area (Å²) in [7, 11) is 0. The van der Waals surface area contributed by atoms with Crippen LogP contribution in [0, 0.1) is 58.2 Å².